The van der Waals surface area contributed by atoms with E-state index in [1.54, 1.807) is 44.5 Å². The summed E-state index contributed by atoms with van der Waals surface area (Å²) in [5, 5.41) is 1.38. The van der Waals surface area contributed by atoms with Gasteiger partial charge in [-0.25, -0.2) is 0 Å². The summed E-state index contributed by atoms with van der Waals surface area (Å²) in [6.07, 6.45) is 5.15. The van der Waals surface area contributed by atoms with E-state index >= 15 is 0 Å². The molecule has 0 radical (unpaired) electrons. The Kier molecular flexibility index (Phi) is 7.37. The minimum atomic E-state index is 0.310. The van der Waals surface area contributed by atoms with E-state index in [4.69, 9.17) is 0 Å². The Morgan fingerprint density at radius 2 is 0.941 bits per heavy atom. The van der Waals surface area contributed by atoms with Gasteiger partial charge in [0.05, 0.1) is 6.26 Å². The molecule has 34 heavy (non-hydrogen) atoms. The zero-order valence-electron chi connectivity index (χ0n) is 23.8. The van der Waals surface area contributed by atoms with Gasteiger partial charge in [0.2, 0.25) is 0 Å². The van der Waals surface area contributed by atoms with Crippen molar-refractivity contribution in [2.24, 2.45) is 11.8 Å². The van der Waals surface area contributed by atoms with E-state index in [9.17, 15) is 0 Å². The van der Waals surface area contributed by atoms with Crippen molar-refractivity contribution in [1.82, 2.24) is 0 Å². The van der Waals surface area contributed by atoms with Crippen LogP contribution in [0.25, 0.3) is 0 Å². The van der Waals surface area contributed by atoms with Crippen molar-refractivity contribution >= 4 is 10.9 Å². The first kappa shape index (κ1) is 25.9. The third-order valence-electron chi connectivity index (χ3n) is 8.76. The van der Waals surface area contributed by atoms with Crippen LogP contribution in [-0.2, 0) is 23.7 Å². The highest BCUT2D eigenvalue weighted by Crippen LogP contribution is 2.54. The predicted molar refractivity (Wildman–Crippen MR) is 154 cm³/mol. The molecular formula is C33H49S+. The predicted octanol–water partition coefficient (Wildman–Crippen LogP) is 9.60. The molecule has 4 unspecified atom stereocenters. The minimum absolute atomic E-state index is 0.310. The summed E-state index contributed by atoms with van der Waals surface area (Å²) in [7, 11) is 0.310. The van der Waals surface area contributed by atoms with E-state index in [0.717, 1.165) is 11.8 Å². The first-order chi connectivity index (χ1) is 15.9. The fraction of sp³-hybridized carbons (Fsp3) is 0.636. The molecule has 2 aromatic rings. The van der Waals surface area contributed by atoms with Gasteiger partial charge in [0.15, 0.2) is 0 Å². The largest absolute Gasteiger partial charge is 0.146 e. The molecule has 4 atom stereocenters. The van der Waals surface area contributed by atoms with Crippen LogP contribution >= 0.6 is 0 Å². The van der Waals surface area contributed by atoms with Crippen LogP contribution in [0.5, 0.6) is 0 Å². The van der Waals surface area contributed by atoms with Crippen LogP contribution in [0.1, 0.15) is 148 Å². The molecule has 0 bridgehead atoms. The van der Waals surface area contributed by atoms with Crippen LogP contribution in [0.4, 0.5) is 0 Å². The van der Waals surface area contributed by atoms with Crippen LogP contribution in [0, 0.1) is 11.8 Å². The lowest BCUT2D eigenvalue weighted by molar-refractivity contribution is 0.579. The van der Waals surface area contributed by atoms with Gasteiger partial charge >= 0.3 is 0 Å². The van der Waals surface area contributed by atoms with E-state index in [0.29, 0.717) is 45.1 Å². The van der Waals surface area contributed by atoms with Crippen molar-refractivity contribution < 1.29 is 0 Å². The zero-order valence-corrected chi connectivity index (χ0v) is 24.6. The number of fused-ring (bicyclic) bond motifs is 2. The molecule has 186 valence electrons. The zero-order chi connectivity index (χ0) is 25.1. The van der Waals surface area contributed by atoms with Crippen LogP contribution < -0.4 is 0 Å². The van der Waals surface area contributed by atoms with Gasteiger partial charge < -0.3 is 0 Å². The molecule has 1 heteroatoms. The standard InChI is InChI=1S/C33H49S/c1-18(2)24-14-26(20(5)6)28-12-22(9)32(30(28)16-24)34(11)33-23(10)13-29-27(21(7)8)15-25(19(3)4)17-31(29)33/h14-23,32-33H,12-13H2,1-11H3/q+1. The highest BCUT2D eigenvalue weighted by atomic mass is 32.2. The Balaban J connectivity index is 1.83. The van der Waals surface area contributed by atoms with Crippen LogP contribution in [0.15, 0.2) is 24.3 Å². The van der Waals surface area contributed by atoms with Crippen LogP contribution in [0.2, 0.25) is 0 Å². The van der Waals surface area contributed by atoms with Crippen molar-refractivity contribution in [3.05, 3.63) is 68.8 Å². The fourth-order valence-electron chi connectivity index (χ4n) is 6.92. The van der Waals surface area contributed by atoms with Crippen molar-refractivity contribution in [1.29, 1.82) is 0 Å². The van der Waals surface area contributed by atoms with Gasteiger partial charge in [0, 0.05) is 23.0 Å². The molecule has 2 aliphatic rings. The molecule has 2 aromatic carbocycles. The second-order valence-electron chi connectivity index (χ2n) is 12.8. The van der Waals surface area contributed by atoms with E-state index in [-0.39, 0.29) is 0 Å². The lowest BCUT2D eigenvalue weighted by Gasteiger charge is -2.26. The second kappa shape index (κ2) is 9.68. The molecule has 0 aliphatic heterocycles. The normalized spacial score (nSPS) is 25.0. The molecule has 0 heterocycles. The molecule has 0 nitrogen and oxygen atoms in total. The molecule has 2 aliphatic carbocycles. The Hall–Kier alpha value is -1.21. The summed E-state index contributed by atoms with van der Waals surface area (Å²) < 4.78 is 0. The highest BCUT2D eigenvalue weighted by Gasteiger charge is 2.50. The fourth-order valence-corrected chi connectivity index (χ4v) is 10.1. The Bertz CT molecular complexity index is 957. The molecule has 0 aromatic heterocycles. The van der Waals surface area contributed by atoms with Gasteiger partial charge in [-0.15, -0.1) is 0 Å². The summed E-state index contributed by atoms with van der Waals surface area (Å²) in [6, 6.07) is 10.3. The SMILES string of the molecule is CC(C)c1cc(C(C)C)c2c(c1)C([S+](C)C1c3cc(C(C)C)cc(C(C)C)c3CC1C)C(C)C2. The molecule has 4 rings (SSSR count). The molecule has 0 fully saturated rings. The van der Waals surface area contributed by atoms with Gasteiger partial charge in [-0.2, -0.15) is 0 Å². The summed E-state index contributed by atoms with van der Waals surface area (Å²) in [5.74, 6) is 3.85. The minimum Gasteiger partial charge on any atom is -0.0587 e. The Morgan fingerprint density at radius 3 is 1.24 bits per heavy atom. The summed E-state index contributed by atoms with van der Waals surface area (Å²) in [4.78, 5) is 0. The first-order valence-electron chi connectivity index (χ1n) is 13.9. The third-order valence-corrected chi connectivity index (χ3v) is 11.8. The third kappa shape index (κ3) is 4.40. The number of hydrogen-bond donors (Lipinski definition) is 0. The van der Waals surface area contributed by atoms with Crippen LogP contribution in [0.3, 0.4) is 0 Å². The van der Waals surface area contributed by atoms with Crippen molar-refractivity contribution in [2.75, 3.05) is 6.26 Å². The smallest absolute Gasteiger partial charge is 0.0587 e. The lowest BCUT2D eigenvalue weighted by atomic mass is 9.89. The van der Waals surface area contributed by atoms with Crippen molar-refractivity contribution in [3.8, 4) is 0 Å². The summed E-state index contributed by atoms with van der Waals surface area (Å²) >= 11 is 0. The van der Waals surface area contributed by atoms with E-state index in [1.807, 2.05) is 0 Å². The molecule has 0 saturated carbocycles. The summed E-state index contributed by atoms with van der Waals surface area (Å²) in [6.45, 7) is 24.1. The van der Waals surface area contributed by atoms with Gasteiger partial charge in [0.1, 0.15) is 10.5 Å². The number of hydrogen-bond acceptors (Lipinski definition) is 0. The molecule has 0 saturated heterocycles. The average molecular weight is 478 g/mol. The highest BCUT2D eigenvalue weighted by molar-refractivity contribution is 7.96. The summed E-state index contributed by atoms with van der Waals surface area (Å²) in [5.41, 5.74) is 13.1. The maximum atomic E-state index is 2.63. The van der Waals surface area contributed by atoms with Gasteiger partial charge in [0.25, 0.3) is 0 Å². The maximum absolute atomic E-state index is 2.63. The lowest BCUT2D eigenvalue weighted by Crippen LogP contribution is -2.25. The van der Waals surface area contributed by atoms with Crippen molar-refractivity contribution in [3.63, 3.8) is 0 Å². The second-order valence-corrected chi connectivity index (χ2v) is 15.0. The van der Waals surface area contributed by atoms with Gasteiger partial charge in [-0.05, 0) is 80.8 Å². The van der Waals surface area contributed by atoms with Gasteiger partial charge in [-0.3, -0.25) is 0 Å². The molecule has 0 spiro atoms. The molecular weight excluding hydrogens is 428 g/mol. The quantitative estimate of drug-likeness (QED) is 0.363. The van der Waals surface area contributed by atoms with E-state index in [1.165, 1.54) is 12.8 Å². The van der Waals surface area contributed by atoms with Gasteiger partial charge in [-0.1, -0.05) is 93.5 Å². The Morgan fingerprint density at radius 1 is 0.588 bits per heavy atom. The monoisotopic (exact) mass is 477 g/mol. The average Bonchev–Trinajstić information content (AvgIpc) is 3.26. The van der Waals surface area contributed by atoms with Crippen molar-refractivity contribution in [2.45, 2.75) is 116 Å². The van der Waals surface area contributed by atoms with E-state index < -0.39 is 0 Å². The Labute approximate surface area is 213 Å². The number of rotatable bonds is 6. The molecule has 0 amide bonds. The number of benzene rings is 2. The van der Waals surface area contributed by atoms with Crippen LogP contribution in [-0.4, -0.2) is 6.26 Å². The molecule has 0 N–H and O–H groups in total. The van der Waals surface area contributed by atoms with E-state index in [2.05, 4.69) is 99.8 Å². The first-order valence-corrected chi connectivity index (χ1v) is 15.6. The maximum Gasteiger partial charge on any atom is 0.146 e. The topological polar surface area (TPSA) is 0 Å².